The highest BCUT2D eigenvalue weighted by atomic mass is 19.1. The van der Waals surface area contributed by atoms with Crippen LogP contribution in [0.15, 0.2) is 24.4 Å². The summed E-state index contributed by atoms with van der Waals surface area (Å²) in [6, 6.07) is 4.82. The number of benzene rings is 1. The van der Waals surface area contributed by atoms with Crippen molar-refractivity contribution in [3.8, 4) is 0 Å². The maximum Gasteiger partial charge on any atom is 0.132 e. The molecule has 0 bridgehead atoms. The van der Waals surface area contributed by atoms with Gasteiger partial charge in [-0.3, -0.25) is 0 Å². The zero-order chi connectivity index (χ0) is 9.42. The minimum atomic E-state index is -0.217. The molecule has 2 nitrogen and oxygen atoms in total. The molecule has 1 atom stereocenters. The first-order valence-electron chi connectivity index (χ1n) is 4.21. The van der Waals surface area contributed by atoms with E-state index in [0.717, 1.165) is 11.1 Å². The first-order chi connectivity index (χ1) is 6.20. The monoisotopic (exact) mass is 178 g/mol. The second-order valence-electron chi connectivity index (χ2n) is 3.20. The van der Waals surface area contributed by atoms with Gasteiger partial charge in [0.25, 0.3) is 0 Å². The summed E-state index contributed by atoms with van der Waals surface area (Å²) in [5.74, 6) is -0.217. The lowest BCUT2D eigenvalue weighted by atomic mass is 10.1. The SMILES string of the molecule is C[C@H](N)c1c[nH]c2cccc(F)c12. The quantitative estimate of drug-likeness (QED) is 0.691. The number of halogens is 1. The molecule has 1 aromatic carbocycles. The molecule has 0 aliphatic rings. The molecule has 0 unspecified atom stereocenters. The van der Waals surface area contributed by atoms with Crippen LogP contribution in [0.4, 0.5) is 4.39 Å². The Hall–Kier alpha value is -1.35. The Morgan fingerprint density at radius 2 is 2.23 bits per heavy atom. The summed E-state index contributed by atoms with van der Waals surface area (Å²) >= 11 is 0. The fraction of sp³-hybridized carbons (Fsp3) is 0.200. The van der Waals surface area contributed by atoms with Gasteiger partial charge in [-0.1, -0.05) is 6.07 Å². The predicted octanol–water partition coefficient (Wildman–Crippen LogP) is 2.33. The van der Waals surface area contributed by atoms with Crippen molar-refractivity contribution >= 4 is 10.9 Å². The van der Waals surface area contributed by atoms with Crippen molar-refractivity contribution in [2.75, 3.05) is 0 Å². The van der Waals surface area contributed by atoms with E-state index in [4.69, 9.17) is 5.73 Å². The number of nitrogens with two attached hydrogens (primary N) is 1. The minimum Gasteiger partial charge on any atom is -0.361 e. The van der Waals surface area contributed by atoms with E-state index in [0.29, 0.717) is 5.39 Å². The minimum absolute atomic E-state index is 0.148. The molecule has 0 fully saturated rings. The topological polar surface area (TPSA) is 41.8 Å². The van der Waals surface area contributed by atoms with Crippen LogP contribution in [-0.2, 0) is 0 Å². The van der Waals surface area contributed by atoms with Crippen LogP contribution in [0.3, 0.4) is 0 Å². The maximum absolute atomic E-state index is 13.4. The standard InChI is InChI=1S/C10H11FN2/c1-6(12)7-5-13-9-4-2-3-8(11)10(7)9/h2-6,13H,12H2,1H3/t6-/m0/s1. The van der Waals surface area contributed by atoms with Crippen LogP contribution in [0, 0.1) is 5.82 Å². The Labute approximate surface area is 75.6 Å². The number of hydrogen-bond donors (Lipinski definition) is 2. The third-order valence-corrected chi connectivity index (χ3v) is 2.18. The second kappa shape index (κ2) is 2.85. The normalized spacial score (nSPS) is 13.5. The van der Waals surface area contributed by atoms with Crippen molar-refractivity contribution < 1.29 is 4.39 Å². The van der Waals surface area contributed by atoms with Crippen LogP contribution >= 0.6 is 0 Å². The first kappa shape index (κ1) is 8.26. The van der Waals surface area contributed by atoms with Gasteiger partial charge in [0.15, 0.2) is 0 Å². The highest BCUT2D eigenvalue weighted by Gasteiger charge is 2.10. The third-order valence-electron chi connectivity index (χ3n) is 2.18. The number of rotatable bonds is 1. The van der Waals surface area contributed by atoms with E-state index in [2.05, 4.69) is 4.98 Å². The summed E-state index contributed by atoms with van der Waals surface area (Å²) < 4.78 is 13.4. The predicted molar refractivity (Wildman–Crippen MR) is 50.9 cm³/mol. The Morgan fingerprint density at radius 3 is 2.92 bits per heavy atom. The molecule has 3 N–H and O–H groups in total. The van der Waals surface area contributed by atoms with Crippen molar-refractivity contribution in [1.82, 2.24) is 4.98 Å². The van der Waals surface area contributed by atoms with E-state index in [9.17, 15) is 4.39 Å². The first-order valence-corrected chi connectivity index (χ1v) is 4.21. The van der Waals surface area contributed by atoms with Gasteiger partial charge in [-0.2, -0.15) is 0 Å². The lowest BCUT2D eigenvalue weighted by Gasteiger charge is -2.02. The fourth-order valence-electron chi connectivity index (χ4n) is 1.52. The van der Waals surface area contributed by atoms with Crippen LogP contribution in [0.25, 0.3) is 10.9 Å². The van der Waals surface area contributed by atoms with Crippen molar-refractivity contribution in [3.63, 3.8) is 0 Å². The van der Waals surface area contributed by atoms with Crippen molar-refractivity contribution in [1.29, 1.82) is 0 Å². The Balaban J connectivity index is 2.79. The molecule has 0 saturated carbocycles. The van der Waals surface area contributed by atoms with Crippen molar-refractivity contribution in [2.24, 2.45) is 5.73 Å². The van der Waals surface area contributed by atoms with E-state index >= 15 is 0 Å². The zero-order valence-corrected chi connectivity index (χ0v) is 7.34. The summed E-state index contributed by atoms with van der Waals surface area (Å²) in [5.41, 5.74) is 7.33. The lowest BCUT2D eigenvalue weighted by Crippen LogP contribution is -2.04. The van der Waals surface area contributed by atoms with Crippen LogP contribution < -0.4 is 5.73 Å². The number of aromatic nitrogens is 1. The van der Waals surface area contributed by atoms with Gasteiger partial charge in [0.1, 0.15) is 5.82 Å². The van der Waals surface area contributed by atoms with Crippen LogP contribution in [0.2, 0.25) is 0 Å². The van der Waals surface area contributed by atoms with Gasteiger partial charge in [-0.25, -0.2) is 4.39 Å². The Kier molecular flexibility index (Phi) is 1.81. The molecule has 0 radical (unpaired) electrons. The molecule has 0 spiro atoms. The molecular weight excluding hydrogens is 167 g/mol. The largest absolute Gasteiger partial charge is 0.361 e. The highest BCUT2D eigenvalue weighted by Crippen LogP contribution is 2.24. The zero-order valence-electron chi connectivity index (χ0n) is 7.34. The summed E-state index contributed by atoms with van der Waals surface area (Å²) in [6.07, 6.45) is 1.76. The van der Waals surface area contributed by atoms with E-state index in [-0.39, 0.29) is 11.9 Å². The number of aromatic amines is 1. The number of H-pyrrole nitrogens is 1. The lowest BCUT2D eigenvalue weighted by molar-refractivity contribution is 0.637. The second-order valence-corrected chi connectivity index (χ2v) is 3.20. The van der Waals surface area contributed by atoms with E-state index < -0.39 is 0 Å². The number of nitrogens with one attached hydrogen (secondary N) is 1. The van der Waals surface area contributed by atoms with Gasteiger partial charge in [-0.05, 0) is 24.6 Å². The highest BCUT2D eigenvalue weighted by molar-refractivity contribution is 5.84. The average Bonchev–Trinajstić information content (AvgIpc) is 2.49. The van der Waals surface area contributed by atoms with E-state index in [1.807, 2.05) is 13.0 Å². The summed E-state index contributed by atoms with van der Waals surface area (Å²) in [7, 11) is 0. The Morgan fingerprint density at radius 1 is 1.46 bits per heavy atom. The van der Waals surface area contributed by atoms with Crippen LogP contribution in [0.5, 0.6) is 0 Å². The summed E-state index contributed by atoms with van der Waals surface area (Å²) in [6.45, 7) is 1.84. The molecule has 0 aliphatic heterocycles. The summed E-state index contributed by atoms with van der Waals surface area (Å²) in [5, 5.41) is 0.609. The van der Waals surface area contributed by atoms with Gasteiger partial charge in [0, 0.05) is 23.1 Å². The molecule has 0 saturated heterocycles. The molecular formula is C10H11FN2. The fourth-order valence-corrected chi connectivity index (χ4v) is 1.52. The van der Waals surface area contributed by atoms with Gasteiger partial charge >= 0.3 is 0 Å². The van der Waals surface area contributed by atoms with Crippen molar-refractivity contribution in [3.05, 3.63) is 35.8 Å². The number of hydrogen-bond acceptors (Lipinski definition) is 1. The maximum atomic E-state index is 13.4. The van der Waals surface area contributed by atoms with Crippen LogP contribution in [-0.4, -0.2) is 4.98 Å². The molecule has 3 heteroatoms. The van der Waals surface area contributed by atoms with Crippen LogP contribution in [0.1, 0.15) is 18.5 Å². The molecule has 2 rings (SSSR count). The Bertz CT molecular complexity index is 431. The average molecular weight is 178 g/mol. The molecule has 0 aliphatic carbocycles. The molecule has 13 heavy (non-hydrogen) atoms. The smallest absolute Gasteiger partial charge is 0.132 e. The molecule has 0 amide bonds. The molecule has 1 aromatic heterocycles. The third kappa shape index (κ3) is 1.21. The molecule has 68 valence electrons. The summed E-state index contributed by atoms with van der Waals surface area (Å²) in [4.78, 5) is 2.99. The van der Waals surface area contributed by atoms with Gasteiger partial charge in [-0.15, -0.1) is 0 Å². The van der Waals surface area contributed by atoms with Gasteiger partial charge in [0.2, 0.25) is 0 Å². The van der Waals surface area contributed by atoms with Gasteiger partial charge in [0.05, 0.1) is 0 Å². The molecule has 1 heterocycles. The van der Waals surface area contributed by atoms with E-state index in [1.54, 1.807) is 12.3 Å². The molecule has 2 aromatic rings. The van der Waals surface area contributed by atoms with Gasteiger partial charge < -0.3 is 10.7 Å². The van der Waals surface area contributed by atoms with E-state index in [1.165, 1.54) is 6.07 Å². The van der Waals surface area contributed by atoms with Crippen molar-refractivity contribution in [2.45, 2.75) is 13.0 Å². The number of fused-ring (bicyclic) bond motifs is 1.